The fourth-order valence-corrected chi connectivity index (χ4v) is 3.85. The molecule has 0 spiro atoms. The standard InChI is InChI=1S/C15H30IN3/c1-3-17-10-12-18(13-11-17)7-4-15-5-8-19(9-6-15)14(2)16/h14-15H,3-13H2,1-2H3. The number of hydrogen-bond donors (Lipinski definition) is 0. The summed E-state index contributed by atoms with van der Waals surface area (Å²) in [6.07, 6.45) is 4.26. The van der Waals surface area contributed by atoms with E-state index in [1.807, 2.05) is 0 Å². The highest BCUT2D eigenvalue weighted by atomic mass is 127. The first kappa shape index (κ1) is 16.0. The summed E-state index contributed by atoms with van der Waals surface area (Å²) in [7, 11) is 0. The van der Waals surface area contributed by atoms with Crippen LogP contribution in [-0.2, 0) is 0 Å². The molecule has 0 saturated carbocycles. The van der Waals surface area contributed by atoms with Gasteiger partial charge in [-0.2, -0.15) is 0 Å². The van der Waals surface area contributed by atoms with Gasteiger partial charge in [0, 0.05) is 26.2 Å². The van der Waals surface area contributed by atoms with Crippen LogP contribution in [0.3, 0.4) is 0 Å². The average Bonchev–Trinajstić information content (AvgIpc) is 2.46. The van der Waals surface area contributed by atoms with Crippen LogP contribution in [0, 0.1) is 5.92 Å². The summed E-state index contributed by atoms with van der Waals surface area (Å²) in [6, 6.07) is 0. The normalized spacial score (nSPS) is 26.7. The van der Waals surface area contributed by atoms with E-state index < -0.39 is 0 Å². The molecule has 2 rings (SSSR count). The van der Waals surface area contributed by atoms with E-state index in [4.69, 9.17) is 0 Å². The number of rotatable bonds is 5. The first-order valence-corrected chi connectivity index (χ1v) is 9.26. The first-order valence-electron chi connectivity index (χ1n) is 8.02. The molecule has 112 valence electrons. The van der Waals surface area contributed by atoms with Gasteiger partial charge in [-0.1, -0.05) is 29.5 Å². The van der Waals surface area contributed by atoms with Gasteiger partial charge in [0.15, 0.2) is 0 Å². The Kier molecular flexibility index (Phi) is 6.86. The Balaban J connectivity index is 1.59. The molecule has 1 unspecified atom stereocenters. The molecule has 4 heteroatoms. The molecule has 0 N–H and O–H groups in total. The number of likely N-dealkylation sites (N-methyl/N-ethyl adjacent to an activating group) is 1. The highest BCUT2D eigenvalue weighted by molar-refractivity contribution is 14.1. The zero-order valence-electron chi connectivity index (χ0n) is 12.7. The number of halogens is 1. The molecule has 1 atom stereocenters. The number of hydrogen-bond acceptors (Lipinski definition) is 3. The van der Waals surface area contributed by atoms with E-state index in [0.717, 1.165) is 5.92 Å². The van der Waals surface area contributed by atoms with Gasteiger partial charge in [-0.15, -0.1) is 0 Å². The van der Waals surface area contributed by atoms with Gasteiger partial charge in [0.1, 0.15) is 0 Å². The smallest absolute Gasteiger partial charge is 0.0589 e. The van der Waals surface area contributed by atoms with Crippen LogP contribution in [-0.4, -0.2) is 71.1 Å². The lowest BCUT2D eigenvalue weighted by Gasteiger charge is -2.37. The monoisotopic (exact) mass is 379 g/mol. The molecule has 0 aromatic rings. The maximum atomic E-state index is 2.68. The largest absolute Gasteiger partial charge is 0.301 e. The average molecular weight is 379 g/mol. The van der Waals surface area contributed by atoms with Crippen LogP contribution in [0.25, 0.3) is 0 Å². The quantitative estimate of drug-likeness (QED) is 0.413. The van der Waals surface area contributed by atoms with Crippen LogP contribution in [0.1, 0.15) is 33.1 Å². The van der Waals surface area contributed by atoms with E-state index in [1.54, 1.807) is 0 Å². The number of piperidine rings is 1. The van der Waals surface area contributed by atoms with Crippen molar-refractivity contribution in [2.45, 2.75) is 37.2 Å². The predicted octanol–water partition coefficient (Wildman–Crippen LogP) is 2.51. The Bertz CT molecular complexity index is 244. The van der Waals surface area contributed by atoms with Crippen molar-refractivity contribution in [1.29, 1.82) is 0 Å². The van der Waals surface area contributed by atoms with Crippen molar-refractivity contribution < 1.29 is 0 Å². The second kappa shape index (κ2) is 8.15. The predicted molar refractivity (Wildman–Crippen MR) is 91.0 cm³/mol. The van der Waals surface area contributed by atoms with Gasteiger partial charge < -0.3 is 9.80 Å². The number of piperazine rings is 1. The first-order chi connectivity index (χ1) is 9.19. The minimum atomic E-state index is 0.709. The Hall–Kier alpha value is 0.610. The Morgan fingerprint density at radius 1 is 1.00 bits per heavy atom. The molecule has 2 heterocycles. The summed E-state index contributed by atoms with van der Waals surface area (Å²) in [5.74, 6) is 0.982. The second-order valence-electron chi connectivity index (χ2n) is 6.12. The van der Waals surface area contributed by atoms with Crippen molar-refractivity contribution in [3.8, 4) is 0 Å². The van der Waals surface area contributed by atoms with Crippen molar-refractivity contribution in [2.24, 2.45) is 5.92 Å². The molecule has 2 saturated heterocycles. The van der Waals surface area contributed by atoms with Gasteiger partial charge in [-0.25, -0.2) is 0 Å². The van der Waals surface area contributed by atoms with Crippen molar-refractivity contribution in [2.75, 3.05) is 52.4 Å². The van der Waals surface area contributed by atoms with Gasteiger partial charge in [-0.3, -0.25) is 4.90 Å². The maximum absolute atomic E-state index is 2.68. The summed E-state index contributed by atoms with van der Waals surface area (Å²) in [5, 5.41) is 0. The Labute approximate surface area is 132 Å². The van der Waals surface area contributed by atoms with Gasteiger partial charge in [0.2, 0.25) is 0 Å². The maximum Gasteiger partial charge on any atom is 0.0589 e. The summed E-state index contributed by atoms with van der Waals surface area (Å²) in [6.45, 7) is 14.9. The van der Waals surface area contributed by atoms with Crippen LogP contribution in [0.4, 0.5) is 0 Å². The number of nitrogens with zero attached hydrogens (tertiary/aromatic N) is 3. The zero-order chi connectivity index (χ0) is 13.7. The van der Waals surface area contributed by atoms with Gasteiger partial charge in [-0.05, 0) is 58.3 Å². The molecule has 0 aliphatic carbocycles. The van der Waals surface area contributed by atoms with Crippen LogP contribution in [0.2, 0.25) is 0 Å². The van der Waals surface area contributed by atoms with Crippen LogP contribution in [0.15, 0.2) is 0 Å². The fraction of sp³-hybridized carbons (Fsp3) is 1.00. The minimum Gasteiger partial charge on any atom is -0.301 e. The van der Waals surface area contributed by atoms with Crippen LogP contribution >= 0.6 is 22.6 Å². The fourth-order valence-electron chi connectivity index (χ4n) is 3.29. The van der Waals surface area contributed by atoms with E-state index in [-0.39, 0.29) is 0 Å². The molecule has 2 fully saturated rings. The molecular formula is C15H30IN3. The summed E-state index contributed by atoms with van der Waals surface area (Å²) < 4.78 is 0.709. The number of alkyl halides is 1. The topological polar surface area (TPSA) is 9.72 Å². The summed E-state index contributed by atoms with van der Waals surface area (Å²) in [5.41, 5.74) is 0. The van der Waals surface area contributed by atoms with Gasteiger partial charge >= 0.3 is 0 Å². The van der Waals surface area contributed by atoms with Gasteiger partial charge in [0.05, 0.1) is 4.05 Å². The summed E-state index contributed by atoms with van der Waals surface area (Å²) in [4.78, 5) is 7.87. The minimum absolute atomic E-state index is 0.709. The third-order valence-corrected chi connectivity index (χ3v) is 5.71. The highest BCUT2D eigenvalue weighted by Gasteiger charge is 2.22. The van der Waals surface area contributed by atoms with E-state index in [1.165, 1.54) is 71.6 Å². The van der Waals surface area contributed by atoms with Gasteiger partial charge in [0.25, 0.3) is 0 Å². The SMILES string of the molecule is CCN1CCN(CCC2CCN(C(C)I)CC2)CC1. The molecule has 0 aromatic heterocycles. The van der Waals surface area contributed by atoms with E-state index in [9.17, 15) is 0 Å². The molecule has 0 amide bonds. The lowest BCUT2D eigenvalue weighted by Crippen LogP contribution is -2.46. The molecule has 3 nitrogen and oxygen atoms in total. The number of likely N-dealkylation sites (tertiary alicyclic amines) is 1. The van der Waals surface area contributed by atoms with Crippen LogP contribution in [0.5, 0.6) is 0 Å². The third-order valence-electron chi connectivity index (χ3n) is 4.92. The van der Waals surface area contributed by atoms with Crippen LogP contribution < -0.4 is 0 Å². The summed E-state index contributed by atoms with van der Waals surface area (Å²) >= 11 is 2.54. The molecule has 19 heavy (non-hydrogen) atoms. The third kappa shape index (κ3) is 5.14. The van der Waals surface area contributed by atoms with E-state index in [2.05, 4.69) is 51.1 Å². The second-order valence-corrected chi connectivity index (χ2v) is 7.92. The molecule has 0 bridgehead atoms. The van der Waals surface area contributed by atoms with Crippen molar-refractivity contribution in [3.63, 3.8) is 0 Å². The lowest BCUT2D eigenvalue weighted by atomic mass is 9.93. The molecule has 0 aromatic carbocycles. The highest BCUT2D eigenvalue weighted by Crippen LogP contribution is 2.23. The molecular weight excluding hydrogens is 349 g/mol. The Morgan fingerprint density at radius 3 is 2.11 bits per heavy atom. The Morgan fingerprint density at radius 2 is 1.58 bits per heavy atom. The van der Waals surface area contributed by atoms with Crippen molar-refractivity contribution in [3.05, 3.63) is 0 Å². The van der Waals surface area contributed by atoms with E-state index in [0.29, 0.717) is 4.05 Å². The lowest BCUT2D eigenvalue weighted by molar-refractivity contribution is 0.119. The van der Waals surface area contributed by atoms with Crippen molar-refractivity contribution in [1.82, 2.24) is 14.7 Å². The van der Waals surface area contributed by atoms with E-state index >= 15 is 0 Å². The molecule has 2 aliphatic heterocycles. The zero-order valence-corrected chi connectivity index (χ0v) is 14.8. The molecule has 2 aliphatic rings. The molecule has 0 radical (unpaired) electrons. The van der Waals surface area contributed by atoms with Crippen molar-refractivity contribution >= 4 is 22.6 Å².